The van der Waals surface area contributed by atoms with Gasteiger partial charge in [0.05, 0.1) is 5.69 Å². The lowest BCUT2D eigenvalue weighted by atomic mass is 9.98. The van der Waals surface area contributed by atoms with Crippen LogP contribution in [0.1, 0.15) is 39.3 Å². The van der Waals surface area contributed by atoms with E-state index in [4.69, 9.17) is 0 Å². The molecule has 1 aromatic heterocycles. The molecule has 0 spiro atoms. The van der Waals surface area contributed by atoms with Crippen molar-refractivity contribution in [1.29, 1.82) is 0 Å². The zero-order valence-electron chi connectivity index (χ0n) is 14.5. The van der Waals surface area contributed by atoms with Crippen molar-refractivity contribution in [2.24, 2.45) is 5.92 Å². The van der Waals surface area contributed by atoms with Crippen molar-refractivity contribution in [3.8, 4) is 10.6 Å². The molecule has 4 nitrogen and oxygen atoms in total. The number of aliphatic hydroxyl groups is 1. The summed E-state index contributed by atoms with van der Waals surface area (Å²) in [5.41, 5.74) is 4.33. The molecular formula is C19H24N2O2S. The van der Waals surface area contributed by atoms with Crippen LogP contribution in [0.4, 0.5) is 0 Å². The van der Waals surface area contributed by atoms with E-state index < -0.39 is 0 Å². The molecular weight excluding hydrogens is 320 g/mol. The van der Waals surface area contributed by atoms with Gasteiger partial charge in [0, 0.05) is 25.3 Å². The fourth-order valence-electron chi connectivity index (χ4n) is 3.23. The molecule has 2 aromatic rings. The average Bonchev–Trinajstić information content (AvgIpc) is 2.95. The van der Waals surface area contributed by atoms with Crippen molar-refractivity contribution >= 4 is 17.2 Å². The van der Waals surface area contributed by atoms with Crippen LogP contribution in [0, 0.1) is 26.7 Å². The fourth-order valence-corrected chi connectivity index (χ4v) is 4.35. The number of hydrogen-bond acceptors (Lipinski definition) is 4. The van der Waals surface area contributed by atoms with Crippen molar-refractivity contribution in [2.75, 3.05) is 19.7 Å². The molecule has 1 saturated heterocycles. The summed E-state index contributed by atoms with van der Waals surface area (Å²) < 4.78 is 0. The lowest BCUT2D eigenvalue weighted by Crippen LogP contribution is -2.39. The Morgan fingerprint density at radius 1 is 1.29 bits per heavy atom. The number of rotatable bonds is 3. The Kier molecular flexibility index (Phi) is 5.01. The summed E-state index contributed by atoms with van der Waals surface area (Å²) in [6, 6.07) is 6.32. The summed E-state index contributed by atoms with van der Waals surface area (Å²) in [5.74, 6) is 0.416. The van der Waals surface area contributed by atoms with Gasteiger partial charge < -0.3 is 10.0 Å². The standard InChI is InChI=1S/C19H24N2O2S/c1-12-4-5-16(13(2)10-12)18-20-14(3)17(24-18)19(23)21-8-6-15(11-22)7-9-21/h4-5,10,15,22H,6-9,11H2,1-3H3. The summed E-state index contributed by atoms with van der Waals surface area (Å²) in [7, 11) is 0. The molecule has 1 aliphatic heterocycles. The van der Waals surface area contributed by atoms with E-state index in [-0.39, 0.29) is 12.5 Å². The van der Waals surface area contributed by atoms with Gasteiger partial charge in [-0.15, -0.1) is 11.3 Å². The minimum atomic E-state index is 0.0809. The van der Waals surface area contributed by atoms with E-state index in [1.54, 1.807) is 0 Å². The van der Waals surface area contributed by atoms with Crippen LogP contribution >= 0.6 is 11.3 Å². The van der Waals surface area contributed by atoms with E-state index >= 15 is 0 Å². The SMILES string of the molecule is Cc1ccc(-c2nc(C)c(C(=O)N3CCC(CO)CC3)s2)c(C)c1. The molecule has 0 saturated carbocycles. The molecule has 0 bridgehead atoms. The molecule has 5 heteroatoms. The Labute approximate surface area is 147 Å². The summed E-state index contributed by atoms with van der Waals surface area (Å²) in [6.07, 6.45) is 1.76. The van der Waals surface area contributed by atoms with E-state index in [1.807, 2.05) is 11.8 Å². The first-order valence-electron chi connectivity index (χ1n) is 8.44. The van der Waals surface area contributed by atoms with Crippen molar-refractivity contribution in [2.45, 2.75) is 33.6 Å². The van der Waals surface area contributed by atoms with E-state index in [0.717, 1.165) is 47.1 Å². The fraction of sp³-hybridized carbons (Fsp3) is 0.474. The third kappa shape index (κ3) is 3.37. The topological polar surface area (TPSA) is 53.4 Å². The van der Waals surface area contributed by atoms with Gasteiger partial charge in [-0.2, -0.15) is 0 Å². The second-order valence-electron chi connectivity index (χ2n) is 6.67. The van der Waals surface area contributed by atoms with Gasteiger partial charge >= 0.3 is 0 Å². The lowest BCUT2D eigenvalue weighted by Gasteiger charge is -2.30. The zero-order valence-corrected chi connectivity index (χ0v) is 15.3. The van der Waals surface area contributed by atoms with Gasteiger partial charge in [0.2, 0.25) is 0 Å². The molecule has 1 fully saturated rings. The van der Waals surface area contributed by atoms with E-state index in [9.17, 15) is 9.90 Å². The molecule has 0 unspecified atom stereocenters. The maximum absolute atomic E-state index is 12.8. The molecule has 2 heterocycles. The van der Waals surface area contributed by atoms with Crippen LogP contribution < -0.4 is 0 Å². The number of benzene rings is 1. The predicted molar refractivity (Wildman–Crippen MR) is 97.5 cm³/mol. The second kappa shape index (κ2) is 7.03. The van der Waals surface area contributed by atoms with Crippen LogP contribution in [-0.4, -0.2) is 40.6 Å². The highest BCUT2D eigenvalue weighted by atomic mass is 32.1. The number of hydrogen-bond donors (Lipinski definition) is 1. The first kappa shape index (κ1) is 17.1. The molecule has 1 aromatic carbocycles. The van der Waals surface area contributed by atoms with Crippen molar-refractivity contribution in [3.05, 3.63) is 39.9 Å². The zero-order chi connectivity index (χ0) is 17.3. The summed E-state index contributed by atoms with van der Waals surface area (Å²) in [6.45, 7) is 7.74. The van der Waals surface area contributed by atoms with Gasteiger partial charge in [0.15, 0.2) is 0 Å². The number of amides is 1. The van der Waals surface area contributed by atoms with Gasteiger partial charge in [-0.05, 0) is 45.1 Å². The van der Waals surface area contributed by atoms with Crippen molar-refractivity contribution in [3.63, 3.8) is 0 Å². The van der Waals surface area contributed by atoms with Crippen LogP contribution in [0.2, 0.25) is 0 Å². The number of aromatic nitrogens is 1. The summed E-state index contributed by atoms with van der Waals surface area (Å²) in [4.78, 5) is 20.1. The Hall–Kier alpha value is -1.72. The Bertz CT molecular complexity index is 746. The van der Waals surface area contributed by atoms with Crippen molar-refractivity contribution < 1.29 is 9.90 Å². The minimum Gasteiger partial charge on any atom is -0.396 e. The number of carbonyl (C=O) groups excluding carboxylic acids is 1. The van der Waals surface area contributed by atoms with E-state index in [0.29, 0.717) is 5.92 Å². The van der Waals surface area contributed by atoms with E-state index in [2.05, 4.69) is 37.0 Å². The molecule has 24 heavy (non-hydrogen) atoms. The number of carbonyl (C=O) groups is 1. The van der Waals surface area contributed by atoms with Gasteiger partial charge in [-0.25, -0.2) is 4.98 Å². The Balaban J connectivity index is 1.82. The highest BCUT2D eigenvalue weighted by Gasteiger charge is 2.26. The quantitative estimate of drug-likeness (QED) is 0.926. The average molecular weight is 344 g/mol. The highest BCUT2D eigenvalue weighted by Crippen LogP contribution is 2.32. The molecule has 0 radical (unpaired) electrons. The molecule has 1 amide bonds. The van der Waals surface area contributed by atoms with E-state index in [1.165, 1.54) is 22.5 Å². The third-order valence-corrected chi connectivity index (χ3v) is 5.94. The molecule has 1 N–H and O–H groups in total. The maximum atomic E-state index is 12.8. The smallest absolute Gasteiger partial charge is 0.265 e. The largest absolute Gasteiger partial charge is 0.396 e. The molecule has 1 aliphatic rings. The first-order chi connectivity index (χ1) is 11.5. The lowest BCUT2D eigenvalue weighted by molar-refractivity contribution is 0.0654. The molecule has 3 rings (SSSR count). The van der Waals surface area contributed by atoms with Gasteiger partial charge in [-0.1, -0.05) is 23.8 Å². The number of aryl methyl sites for hydroxylation is 3. The highest BCUT2D eigenvalue weighted by molar-refractivity contribution is 7.17. The Morgan fingerprint density at radius 2 is 2.00 bits per heavy atom. The van der Waals surface area contributed by atoms with Crippen LogP contribution in [-0.2, 0) is 0 Å². The van der Waals surface area contributed by atoms with Crippen LogP contribution in [0.25, 0.3) is 10.6 Å². The van der Waals surface area contributed by atoms with Crippen LogP contribution in [0.15, 0.2) is 18.2 Å². The van der Waals surface area contributed by atoms with Crippen LogP contribution in [0.5, 0.6) is 0 Å². The molecule has 0 aliphatic carbocycles. The monoisotopic (exact) mass is 344 g/mol. The molecule has 128 valence electrons. The number of nitrogens with zero attached hydrogens (tertiary/aromatic N) is 2. The molecule has 0 atom stereocenters. The summed E-state index contributed by atoms with van der Waals surface area (Å²) in [5, 5.41) is 10.2. The van der Waals surface area contributed by atoms with Crippen LogP contribution in [0.3, 0.4) is 0 Å². The Morgan fingerprint density at radius 3 is 2.62 bits per heavy atom. The number of aliphatic hydroxyl groups excluding tert-OH is 1. The second-order valence-corrected chi connectivity index (χ2v) is 7.67. The van der Waals surface area contributed by atoms with Gasteiger partial charge in [0.25, 0.3) is 5.91 Å². The number of thiazole rings is 1. The normalized spacial score (nSPS) is 15.8. The predicted octanol–water partition coefficient (Wildman–Crippen LogP) is 3.58. The number of piperidine rings is 1. The van der Waals surface area contributed by atoms with Gasteiger partial charge in [0.1, 0.15) is 9.88 Å². The third-order valence-electron chi connectivity index (χ3n) is 4.76. The minimum absolute atomic E-state index is 0.0809. The first-order valence-corrected chi connectivity index (χ1v) is 9.26. The summed E-state index contributed by atoms with van der Waals surface area (Å²) >= 11 is 1.49. The maximum Gasteiger partial charge on any atom is 0.265 e. The van der Waals surface area contributed by atoms with Crippen molar-refractivity contribution in [1.82, 2.24) is 9.88 Å². The van der Waals surface area contributed by atoms with Gasteiger partial charge in [-0.3, -0.25) is 4.79 Å². The number of likely N-dealkylation sites (tertiary alicyclic amines) is 1.